The highest BCUT2D eigenvalue weighted by Crippen LogP contribution is 2.36. The van der Waals surface area contributed by atoms with Crippen LogP contribution in [-0.2, 0) is 9.47 Å². The summed E-state index contributed by atoms with van der Waals surface area (Å²) < 4.78 is 11.4. The lowest BCUT2D eigenvalue weighted by molar-refractivity contribution is -0.182. The highest BCUT2D eigenvalue weighted by molar-refractivity contribution is 5.98. The summed E-state index contributed by atoms with van der Waals surface area (Å²) in [5, 5.41) is 1.06. The van der Waals surface area contributed by atoms with E-state index in [0.29, 0.717) is 25.4 Å². The van der Waals surface area contributed by atoms with Crippen molar-refractivity contribution in [3.8, 4) is 0 Å². The molecule has 3 heterocycles. The molecule has 0 unspecified atom stereocenters. The molecular weight excluding hydrogens is 280 g/mol. The minimum absolute atomic E-state index is 0.0463. The van der Waals surface area contributed by atoms with E-state index in [9.17, 15) is 4.79 Å². The SMILES string of the molecule is CO[C@H]1CCOC2(C1)CN(C(=O)c1cc3ccccc3[nH]1)C2. The zero-order chi connectivity index (χ0) is 15.2. The van der Waals surface area contributed by atoms with E-state index < -0.39 is 0 Å². The number of methoxy groups -OCH3 is 1. The number of likely N-dealkylation sites (tertiary alicyclic amines) is 1. The van der Waals surface area contributed by atoms with Gasteiger partial charge in [-0.25, -0.2) is 0 Å². The first-order valence-corrected chi connectivity index (χ1v) is 7.73. The van der Waals surface area contributed by atoms with Gasteiger partial charge in [0.2, 0.25) is 0 Å². The lowest BCUT2D eigenvalue weighted by atomic mass is 9.84. The Hall–Kier alpha value is -1.85. The predicted octanol–water partition coefficient (Wildman–Crippen LogP) is 2.19. The van der Waals surface area contributed by atoms with Crippen LogP contribution in [0.4, 0.5) is 0 Å². The van der Waals surface area contributed by atoms with E-state index in [4.69, 9.17) is 9.47 Å². The van der Waals surface area contributed by atoms with Gasteiger partial charge >= 0.3 is 0 Å². The lowest BCUT2D eigenvalue weighted by Gasteiger charge is -2.52. The Balaban J connectivity index is 1.47. The third-order valence-corrected chi connectivity index (χ3v) is 4.79. The van der Waals surface area contributed by atoms with Crippen molar-refractivity contribution >= 4 is 16.8 Å². The molecule has 2 saturated heterocycles. The van der Waals surface area contributed by atoms with Crippen molar-refractivity contribution < 1.29 is 14.3 Å². The Kier molecular flexibility index (Phi) is 3.20. The Morgan fingerprint density at radius 1 is 1.41 bits per heavy atom. The first kappa shape index (κ1) is 13.8. The molecule has 2 aliphatic rings. The first-order chi connectivity index (χ1) is 10.7. The number of ether oxygens (including phenoxy) is 2. The number of carbonyl (C=O) groups is 1. The van der Waals surface area contributed by atoms with Gasteiger partial charge in [-0.05, 0) is 18.6 Å². The molecule has 1 aromatic heterocycles. The minimum Gasteiger partial charge on any atom is -0.381 e. The maximum Gasteiger partial charge on any atom is 0.270 e. The predicted molar refractivity (Wildman–Crippen MR) is 82.9 cm³/mol. The number of aromatic nitrogens is 1. The molecule has 116 valence electrons. The second-order valence-corrected chi connectivity index (χ2v) is 6.31. The van der Waals surface area contributed by atoms with E-state index in [1.807, 2.05) is 35.2 Å². The summed E-state index contributed by atoms with van der Waals surface area (Å²) in [5.74, 6) is 0.0463. The summed E-state index contributed by atoms with van der Waals surface area (Å²) in [6, 6.07) is 9.85. The lowest BCUT2D eigenvalue weighted by Crippen LogP contribution is -2.67. The molecule has 0 saturated carbocycles. The number of benzene rings is 1. The van der Waals surface area contributed by atoms with Crippen molar-refractivity contribution in [3.63, 3.8) is 0 Å². The molecule has 5 heteroatoms. The summed E-state index contributed by atoms with van der Waals surface area (Å²) >= 11 is 0. The van der Waals surface area contributed by atoms with Gasteiger partial charge in [0.25, 0.3) is 5.91 Å². The molecule has 1 amide bonds. The second kappa shape index (κ2) is 5.11. The molecule has 2 aromatic rings. The van der Waals surface area contributed by atoms with Crippen LogP contribution in [0.25, 0.3) is 10.9 Å². The molecule has 4 rings (SSSR count). The number of amides is 1. The normalized spacial score (nSPS) is 23.7. The van der Waals surface area contributed by atoms with Crippen LogP contribution < -0.4 is 0 Å². The average Bonchev–Trinajstić information content (AvgIpc) is 2.96. The number of hydrogen-bond donors (Lipinski definition) is 1. The van der Waals surface area contributed by atoms with Crippen molar-refractivity contribution in [1.29, 1.82) is 0 Å². The van der Waals surface area contributed by atoms with Crippen molar-refractivity contribution in [1.82, 2.24) is 9.88 Å². The number of aromatic amines is 1. The van der Waals surface area contributed by atoms with Crippen LogP contribution in [0.1, 0.15) is 23.3 Å². The van der Waals surface area contributed by atoms with Gasteiger partial charge in [0, 0.05) is 31.0 Å². The van der Waals surface area contributed by atoms with Crippen molar-refractivity contribution in [2.75, 3.05) is 26.8 Å². The third kappa shape index (κ3) is 2.21. The highest BCUT2D eigenvalue weighted by Gasteiger charge is 2.49. The minimum atomic E-state index is -0.194. The first-order valence-electron chi connectivity index (χ1n) is 7.73. The van der Waals surface area contributed by atoms with E-state index >= 15 is 0 Å². The van der Waals surface area contributed by atoms with Crippen LogP contribution in [0.2, 0.25) is 0 Å². The molecule has 2 fully saturated rings. The molecule has 1 aromatic carbocycles. The Labute approximate surface area is 129 Å². The number of para-hydroxylation sites is 1. The van der Waals surface area contributed by atoms with E-state index in [1.165, 1.54) is 0 Å². The summed E-state index contributed by atoms with van der Waals surface area (Å²) in [5.41, 5.74) is 1.45. The summed E-state index contributed by atoms with van der Waals surface area (Å²) in [6.07, 6.45) is 2.06. The molecule has 2 aliphatic heterocycles. The van der Waals surface area contributed by atoms with Gasteiger partial charge in [-0.3, -0.25) is 4.79 Å². The Bertz CT molecular complexity index is 670. The fraction of sp³-hybridized carbons (Fsp3) is 0.471. The van der Waals surface area contributed by atoms with Crippen molar-refractivity contribution in [3.05, 3.63) is 36.0 Å². The topological polar surface area (TPSA) is 54.6 Å². The van der Waals surface area contributed by atoms with Gasteiger partial charge in [-0.15, -0.1) is 0 Å². The number of nitrogens with one attached hydrogen (secondary N) is 1. The highest BCUT2D eigenvalue weighted by atomic mass is 16.5. The van der Waals surface area contributed by atoms with Crippen LogP contribution in [0.5, 0.6) is 0 Å². The number of hydrogen-bond acceptors (Lipinski definition) is 3. The fourth-order valence-electron chi connectivity index (χ4n) is 3.56. The van der Waals surface area contributed by atoms with Gasteiger partial charge in [0.05, 0.1) is 19.2 Å². The number of nitrogens with zero attached hydrogens (tertiary/aromatic N) is 1. The second-order valence-electron chi connectivity index (χ2n) is 6.31. The number of carbonyl (C=O) groups excluding carboxylic acids is 1. The molecule has 0 aliphatic carbocycles. The molecule has 22 heavy (non-hydrogen) atoms. The zero-order valence-corrected chi connectivity index (χ0v) is 12.7. The molecular formula is C17H20N2O3. The van der Waals surface area contributed by atoms with Gasteiger partial charge in [0.15, 0.2) is 0 Å². The number of fused-ring (bicyclic) bond motifs is 1. The van der Waals surface area contributed by atoms with E-state index in [1.54, 1.807) is 7.11 Å². The van der Waals surface area contributed by atoms with E-state index in [2.05, 4.69) is 4.98 Å². The smallest absolute Gasteiger partial charge is 0.270 e. The molecule has 1 spiro atoms. The number of H-pyrrole nitrogens is 1. The molecule has 0 bridgehead atoms. The maximum atomic E-state index is 12.6. The standard InChI is InChI=1S/C17H20N2O3/c1-21-13-6-7-22-17(9-13)10-19(11-17)16(20)15-8-12-4-2-3-5-14(12)18-15/h2-5,8,13,18H,6-7,9-11H2,1H3/t13-/m0/s1. The molecule has 5 nitrogen and oxygen atoms in total. The molecule has 1 atom stereocenters. The number of rotatable bonds is 2. The van der Waals surface area contributed by atoms with Crippen LogP contribution in [0.3, 0.4) is 0 Å². The van der Waals surface area contributed by atoms with Crippen LogP contribution in [-0.4, -0.2) is 54.3 Å². The van der Waals surface area contributed by atoms with Crippen molar-refractivity contribution in [2.24, 2.45) is 0 Å². The monoisotopic (exact) mass is 300 g/mol. The van der Waals surface area contributed by atoms with Gasteiger partial charge in [-0.2, -0.15) is 0 Å². The Morgan fingerprint density at radius 2 is 2.23 bits per heavy atom. The largest absolute Gasteiger partial charge is 0.381 e. The van der Waals surface area contributed by atoms with Gasteiger partial charge in [-0.1, -0.05) is 18.2 Å². The van der Waals surface area contributed by atoms with E-state index in [0.717, 1.165) is 23.7 Å². The van der Waals surface area contributed by atoms with Crippen molar-refractivity contribution in [2.45, 2.75) is 24.5 Å². The van der Waals surface area contributed by atoms with Gasteiger partial charge < -0.3 is 19.4 Å². The van der Waals surface area contributed by atoms with Gasteiger partial charge in [0.1, 0.15) is 11.3 Å². The summed E-state index contributed by atoms with van der Waals surface area (Å²) in [7, 11) is 1.75. The fourth-order valence-corrected chi connectivity index (χ4v) is 3.56. The maximum absolute atomic E-state index is 12.6. The summed E-state index contributed by atoms with van der Waals surface area (Å²) in [4.78, 5) is 17.6. The Morgan fingerprint density at radius 3 is 3.00 bits per heavy atom. The zero-order valence-electron chi connectivity index (χ0n) is 12.7. The molecule has 1 N–H and O–H groups in total. The van der Waals surface area contributed by atoms with Crippen LogP contribution in [0.15, 0.2) is 30.3 Å². The third-order valence-electron chi connectivity index (χ3n) is 4.79. The van der Waals surface area contributed by atoms with Crippen LogP contribution >= 0.6 is 0 Å². The summed E-state index contributed by atoms with van der Waals surface area (Å²) in [6.45, 7) is 2.02. The van der Waals surface area contributed by atoms with E-state index in [-0.39, 0.29) is 17.6 Å². The quantitative estimate of drug-likeness (QED) is 0.925. The molecule has 0 radical (unpaired) electrons. The average molecular weight is 300 g/mol. The van der Waals surface area contributed by atoms with Crippen LogP contribution in [0, 0.1) is 0 Å².